The Morgan fingerprint density at radius 1 is 1.44 bits per heavy atom. The molecular weight excluding hydrogens is 230 g/mol. The van der Waals surface area contributed by atoms with Gasteiger partial charge in [0.2, 0.25) is 5.91 Å². The summed E-state index contributed by atoms with van der Waals surface area (Å²) in [4.78, 5) is 23.4. The Hall–Kier alpha value is -2.11. The molecule has 0 aliphatic carbocycles. The van der Waals surface area contributed by atoms with E-state index in [9.17, 15) is 4.79 Å². The van der Waals surface area contributed by atoms with Gasteiger partial charge in [-0.1, -0.05) is 0 Å². The predicted molar refractivity (Wildman–Crippen MR) is 68.2 cm³/mol. The monoisotopic (exact) mass is 245 g/mol. The third-order valence-electron chi connectivity index (χ3n) is 3.39. The van der Waals surface area contributed by atoms with E-state index in [0.29, 0.717) is 5.82 Å². The SMILES string of the molecule is CC1(Nc2ncnc3[nH]ccc23)CCCNC1=O. The molecule has 0 aromatic carbocycles. The van der Waals surface area contributed by atoms with Gasteiger partial charge in [0.05, 0.1) is 5.39 Å². The highest BCUT2D eigenvalue weighted by Crippen LogP contribution is 2.25. The molecule has 1 unspecified atom stereocenters. The maximum absolute atomic E-state index is 12.0. The molecule has 3 heterocycles. The molecule has 0 radical (unpaired) electrons. The maximum atomic E-state index is 12.0. The van der Waals surface area contributed by atoms with Crippen molar-refractivity contribution < 1.29 is 4.79 Å². The molecule has 18 heavy (non-hydrogen) atoms. The number of amides is 1. The fraction of sp³-hybridized carbons (Fsp3) is 0.417. The van der Waals surface area contributed by atoms with Crippen LogP contribution < -0.4 is 10.6 Å². The standard InChI is InChI=1S/C12H15N5O/c1-12(4-2-5-14-11(12)18)17-10-8-3-6-13-9(8)15-7-16-10/h3,6-7H,2,4-5H2,1H3,(H,14,18)(H2,13,15,16,17). The van der Waals surface area contributed by atoms with Crippen molar-refractivity contribution in [2.75, 3.05) is 11.9 Å². The zero-order chi connectivity index (χ0) is 12.6. The number of nitrogens with zero attached hydrogens (tertiary/aromatic N) is 2. The predicted octanol–water partition coefficient (Wildman–Crippen LogP) is 1.04. The number of anilines is 1. The molecule has 6 nitrogen and oxygen atoms in total. The molecule has 2 aromatic heterocycles. The van der Waals surface area contributed by atoms with Gasteiger partial charge in [-0.3, -0.25) is 4.79 Å². The first-order valence-electron chi connectivity index (χ1n) is 6.04. The number of H-pyrrole nitrogens is 1. The van der Waals surface area contributed by atoms with E-state index in [4.69, 9.17) is 0 Å². The zero-order valence-corrected chi connectivity index (χ0v) is 10.2. The fourth-order valence-electron chi connectivity index (χ4n) is 2.31. The van der Waals surface area contributed by atoms with Crippen molar-refractivity contribution >= 4 is 22.8 Å². The Kier molecular flexibility index (Phi) is 2.43. The number of piperidine rings is 1. The molecule has 94 valence electrons. The highest BCUT2D eigenvalue weighted by atomic mass is 16.2. The number of hydrogen-bond acceptors (Lipinski definition) is 4. The number of aromatic amines is 1. The summed E-state index contributed by atoms with van der Waals surface area (Å²) in [5, 5.41) is 7.04. The lowest BCUT2D eigenvalue weighted by Gasteiger charge is -2.33. The van der Waals surface area contributed by atoms with Crippen LogP contribution in [0.2, 0.25) is 0 Å². The minimum atomic E-state index is -0.600. The summed E-state index contributed by atoms with van der Waals surface area (Å²) < 4.78 is 0. The van der Waals surface area contributed by atoms with Crippen LogP contribution in [0.5, 0.6) is 0 Å². The molecule has 6 heteroatoms. The van der Waals surface area contributed by atoms with E-state index in [-0.39, 0.29) is 5.91 Å². The molecule has 1 atom stereocenters. The van der Waals surface area contributed by atoms with Gasteiger partial charge in [-0.05, 0) is 25.8 Å². The quantitative estimate of drug-likeness (QED) is 0.738. The van der Waals surface area contributed by atoms with Gasteiger partial charge in [0, 0.05) is 12.7 Å². The van der Waals surface area contributed by atoms with Crippen LogP contribution in [0.25, 0.3) is 11.0 Å². The van der Waals surface area contributed by atoms with Crippen LogP contribution in [0.4, 0.5) is 5.82 Å². The number of fused-ring (bicyclic) bond motifs is 1. The molecule has 0 bridgehead atoms. The highest BCUT2D eigenvalue weighted by molar-refractivity contribution is 5.93. The Labute approximate surface area is 104 Å². The molecule has 3 rings (SSSR count). The Bertz CT molecular complexity index is 593. The molecule has 1 fully saturated rings. The van der Waals surface area contributed by atoms with Crippen LogP contribution in [-0.4, -0.2) is 32.9 Å². The minimum Gasteiger partial charge on any atom is -0.355 e. The van der Waals surface area contributed by atoms with Crippen LogP contribution in [-0.2, 0) is 4.79 Å². The largest absolute Gasteiger partial charge is 0.355 e. The Balaban J connectivity index is 1.96. The van der Waals surface area contributed by atoms with Crippen LogP contribution in [0, 0.1) is 0 Å². The van der Waals surface area contributed by atoms with Crippen molar-refractivity contribution in [1.82, 2.24) is 20.3 Å². The molecular formula is C12H15N5O. The summed E-state index contributed by atoms with van der Waals surface area (Å²) in [7, 11) is 0. The van der Waals surface area contributed by atoms with E-state index >= 15 is 0 Å². The van der Waals surface area contributed by atoms with E-state index in [0.717, 1.165) is 30.4 Å². The summed E-state index contributed by atoms with van der Waals surface area (Å²) in [5.41, 5.74) is 0.170. The normalized spacial score (nSPS) is 23.9. The first-order valence-corrected chi connectivity index (χ1v) is 6.04. The first kappa shape index (κ1) is 11.0. The van der Waals surface area contributed by atoms with E-state index in [2.05, 4.69) is 25.6 Å². The fourth-order valence-corrected chi connectivity index (χ4v) is 2.31. The van der Waals surface area contributed by atoms with Crippen molar-refractivity contribution in [3.63, 3.8) is 0 Å². The van der Waals surface area contributed by atoms with Crippen LogP contribution in [0.1, 0.15) is 19.8 Å². The number of aromatic nitrogens is 3. The van der Waals surface area contributed by atoms with Crippen molar-refractivity contribution in [1.29, 1.82) is 0 Å². The number of nitrogens with one attached hydrogen (secondary N) is 3. The second-order valence-electron chi connectivity index (χ2n) is 4.78. The average molecular weight is 245 g/mol. The third kappa shape index (κ3) is 1.70. The number of rotatable bonds is 2. The summed E-state index contributed by atoms with van der Waals surface area (Å²) in [5.74, 6) is 0.719. The van der Waals surface area contributed by atoms with Gasteiger partial charge in [-0.15, -0.1) is 0 Å². The van der Waals surface area contributed by atoms with E-state index in [1.54, 1.807) is 0 Å². The molecule has 0 saturated carbocycles. The molecule has 1 saturated heterocycles. The van der Waals surface area contributed by atoms with Gasteiger partial charge in [-0.25, -0.2) is 9.97 Å². The van der Waals surface area contributed by atoms with Crippen LogP contribution in [0.3, 0.4) is 0 Å². The van der Waals surface area contributed by atoms with E-state index in [1.165, 1.54) is 6.33 Å². The number of carbonyl (C=O) groups is 1. The topological polar surface area (TPSA) is 82.7 Å². The first-order chi connectivity index (χ1) is 8.69. The van der Waals surface area contributed by atoms with Gasteiger partial charge < -0.3 is 15.6 Å². The lowest BCUT2D eigenvalue weighted by molar-refractivity contribution is -0.126. The lowest BCUT2D eigenvalue weighted by Crippen LogP contribution is -2.54. The van der Waals surface area contributed by atoms with Crippen molar-refractivity contribution in [3.05, 3.63) is 18.6 Å². The van der Waals surface area contributed by atoms with Crippen LogP contribution in [0.15, 0.2) is 18.6 Å². The number of carbonyl (C=O) groups excluding carboxylic acids is 1. The van der Waals surface area contributed by atoms with Gasteiger partial charge in [0.15, 0.2) is 0 Å². The molecule has 1 aliphatic heterocycles. The highest BCUT2D eigenvalue weighted by Gasteiger charge is 2.35. The van der Waals surface area contributed by atoms with Crippen molar-refractivity contribution in [2.45, 2.75) is 25.3 Å². The molecule has 0 spiro atoms. The Morgan fingerprint density at radius 2 is 2.33 bits per heavy atom. The van der Waals surface area contributed by atoms with E-state index in [1.807, 2.05) is 19.2 Å². The number of hydrogen-bond donors (Lipinski definition) is 3. The van der Waals surface area contributed by atoms with Gasteiger partial charge in [0.1, 0.15) is 23.3 Å². The molecule has 1 amide bonds. The van der Waals surface area contributed by atoms with Gasteiger partial charge in [0.25, 0.3) is 0 Å². The van der Waals surface area contributed by atoms with Crippen molar-refractivity contribution in [2.24, 2.45) is 0 Å². The summed E-state index contributed by atoms with van der Waals surface area (Å²) in [6, 6.07) is 1.90. The summed E-state index contributed by atoms with van der Waals surface area (Å²) >= 11 is 0. The van der Waals surface area contributed by atoms with Gasteiger partial charge in [-0.2, -0.15) is 0 Å². The average Bonchev–Trinajstić information content (AvgIpc) is 2.83. The van der Waals surface area contributed by atoms with Gasteiger partial charge >= 0.3 is 0 Å². The second kappa shape index (κ2) is 3.97. The maximum Gasteiger partial charge on any atom is 0.245 e. The molecule has 2 aromatic rings. The summed E-state index contributed by atoms with van der Waals surface area (Å²) in [6.07, 6.45) is 5.07. The minimum absolute atomic E-state index is 0.0241. The van der Waals surface area contributed by atoms with Crippen LogP contribution >= 0.6 is 0 Å². The molecule has 1 aliphatic rings. The molecule has 3 N–H and O–H groups in total. The second-order valence-corrected chi connectivity index (χ2v) is 4.78. The zero-order valence-electron chi connectivity index (χ0n) is 10.2. The van der Waals surface area contributed by atoms with Crippen molar-refractivity contribution in [3.8, 4) is 0 Å². The van der Waals surface area contributed by atoms with E-state index < -0.39 is 5.54 Å². The summed E-state index contributed by atoms with van der Waals surface area (Å²) in [6.45, 7) is 2.65. The Morgan fingerprint density at radius 3 is 3.17 bits per heavy atom. The smallest absolute Gasteiger partial charge is 0.245 e. The third-order valence-corrected chi connectivity index (χ3v) is 3.39. The lowest BCUT2D eigenvalue weighted by atomic mass is 9.91.